The molecular formula is C24H24N6O2. The minimum Gasteiger partial charge on any atom is -0.444 e. The van der Waals surface area contributed by atoms with E-state index in [0.29, 0.717) is 22.8 Å². The first-order valence-electron chi connectivity index (χ1n) is 10.0. The van der Waals surface area contributed by atoms with Crippen LogP contribution in [0.15, 0.2) is 66.4 Å². The maximum absolute atomic E-state index is 12.1. The standard InChI is InChI=1S/C24H24N6O2/c1-5-15-8-6-7-9-18(15)22-28-30(4)24(32-22)20-21(25)26-14-19(27-20)16-10-12-17(13-11-16)23(31)29(2)3/h5-14,24H,1H2,2-4H3,(H2,25,26). The summed E-state index contributed by atoms with van der Waals surface area (Å²) in [7, 11) is 5.23. The molecule has 162 valence electrons. The van der Waals surface area contributed by atoms with Gasteiger partial charge in [0.2, 0.25) is 12.1 Å². The SMILES string of the molecule is C=Cc1ccccc1C1=NN(C)C(c2nc(-c3ccc(C(=O)N(C)C)cc3)cnc2N)O1. The summed E-state index contributed by atoms with van der Waals surface area (Å²) < 4.78 is 6.13. The van der Waals surface area contributed by atoms with Crippen molar-refractivity contribution in [3.05, 3.63) is 83.7 Å². The highest BCUT2D eigenvalue weighted by molar-refractivity contribution is 5.98. The number of carbonyl (C=O) groups is 1. The van der Waals surface area contributed by atoms with Crippen LogP contribution in [0.3, 0.4) is 0 Å². The Morgan fingerprint density at radius 2 is 1.91 bits per heavy atom. The molecule has 0 spiro atoms. The second-order valence-electron chi connectivity index (χ2n) is 7.54. The second-order valence-corrected chi connectivity index (χ2v) is 7.54. The van der Waals surface area contributed by atoms with Gasteiger partial charge in [-0.15, -0.1) is 5.10 Å². The summed E-state index contributed by atoms with van der Waals surface area (Å²) in [4.78, 5) is 22.7. The minimum absolute atomic E-state index is 0.0638. The third-order valence-corrected chi connectivity index (χ3v) is 5.12. The van der Waals surface area contributed by atoms with Gasteiger partial charge in [0.05, 0.1) is 11.9 Å². The Kier molecular flexibility index (Phi) is 5.59. The number of hydrazone groups is 1. The second kappa shape index (κ2) is 8.50. The monoisotopic (exact) mass is 428 g/mol. The first-order chi connectivity index (χ1) is 15.4. The van der Waals surface area contributed by atoms with E-state index in [1.54, 1.807) is 50.6 Å². The summed E-state index contributed by atoms with van der Waals surface area (Å²) >= 11 is 0. The average Bonchev–Trinajstić information content (AvgIpc) is 3.20. The van der Waals surface area contributed by atoms with Crippen molar-refractivity contribution in [1.29, 1.82) is 0 Å². The van der Waals surface area contributed by atoms with E-state index >= 15 is 0 Å². The van der Waals surface area contributed by atoms with Gasteiger partial charge < -0.3 is 15.4 Å². The summed E-state index contributed by atoms with van der Waals surface area (Å²) in [5.41, 5.74) is 10.4. The molecule has 3 aromatic rings. The van der Waals surface area contributed by atoms with Gasteiger partial charge in [0.1, 0.15) is 5.69 Å². The van der Waals surface area contributed by atoms with Crippen LogP contribution in [0.2, 0.25) is 0 Å². The topological polar surface area (TPSA) is 96.9 Å². The van der Waals surface area contributed by atoms with Gasteiger partial charge in [-0.05, 0) is 23.8 Å². The predicted molar refractivity (Wildman–Crippen MR) is 125 cm³/mol. The van der Waals surface area contributed by atoms with Crippen molar-refractivity contribution in [2.24, 2.45) is 5.10 Å². The van der Waals surface area contributed by atoms with E-state index in [9.17, 15) is 4.79 Å². The molecule has 1 amide bonds. The highest BCUT2D eigenvalue weighted by Crippen LogP contribution is 2.32. The molecule has 1 atom stereocenters. The molecule has 1 unspecified atom stereocenters. The normalized spacial score (nSPS) is 15.2. The lowest BCUT2D eigenvalue weighted by Crippen LogP contribution is -2.21. The Hall–Kier alpha value is -4.20. The summed E-state index contributed by atoms with van der Waals surface area (Å²) in [6.45, 7) is 3.85. The fourth-order valence-corrected chi connectivity index (χ4v) is 3.40. The summed E-state index contributed by atoms with van der Waals surface area (Å²) in [6.07, 6.45) is 2.74. The molecule has 0 aliphatic carbocycles. The number of nitrogen functional groups attached to an aromatic ring is 1. The van der Waals surface area contributed by atoms with Gasteiger partial charge in [-0.3, -0.25) is 9.80 Å². The highest BCUT2D eigenvalue weighted by Gasteiger charge is 2.32. The molecule has 2 aromatic carbocycles. The Morgan fingerprint density at radius 1 is 1.19 bits per heavy atom. The first-order valence-corrected chi connectivity index (χ1v) is 10.0. The van der Waals surface area contributed by atoms with Crippen molar-refractivity contribution < 1.29 is 9.53 Å². The van der Waals surface area contributed by atoms with E-state index in [-0.39, 0.29) is 11.7 Å². The quantitative estimate of drug-likeness (QED) is 0.669. The summed E-state index contributed by atoms with van der Waals surface area (Å²) in [5, 5.41) is 6.20. The molecular weight excluding hydrogens is 404 g/mol. The van der Waals surface area contributed by atoms with E-state index in [2.05, 4.69) is 16.7 Å². The number of benzene rings is 2. The fourth-order valence-electron chi connectivity index (χ4n) is 3.40. The predicted octanol–water partition coefficient (Wildman–Crippen LogP) is 3.39. The molecule has 0 fully saturated rings. The van der Waals surface area contributed by atoms with E-state index in [1.807, 2.05) is 36.4 Å². The maximum Gasteiger partial charge on any atom is 0.253 e. The van der Waals surface area contributed by atoms with Crippen LogP contribution in [0.1, 0.15) is 33.4 Å². The van der Waals surface area contributed by atoms with Crippen LogP contribution in [0, 0.1) is 0 Å². The van der Waals surface area contributed by atoms with Crippen LogP contribution in [-0.4, -0.2) is 52.8 Å². The Bertz CT molecular complexity index is 1200. The Labute approximate surface area is 186 Å². The molecule has 1 aromatic heterocycles. The number of ether oxygens (including phenoxy) is 1. The molecule has 0 saturated heterocycles. The van der Waals surface area contributed by atoms with Crippen molar-refractivity contribution in [3.63, 3.8) is 0 Å². The van der Waals surface area contributed by atoms with E-state index in [0.717, 1.165) is 16.7 Å². The minimum atomic E-state index is -0.620. The van der Waals surface area contributed by atoms with Crippen molar-refractivity contribution >= 4 is 23.7 Å². The molecule has 2 heterocycles. The van der Waals surface area contributed by atoms with Crippen molar-refractivity contribution in [2.75, 3.05) is 26.9 Å². The molecule has 0 saturated carbocycles. The van der Waals surface area contributed by atoms with Gasteiger partial charge >= 0.3 is 0 Å². The third-order valence-electron chi connectivity index (χ3n) is 5.12. The average molecular weight is 428 g/mol. The lowest BCUT2D eigenvalue weighted by Gasteiger charge is -2.19. The van der Waals surface area contributed by atoms with Gasteiger partial charge in [0.15, 0.2) is 5.82 Å². The van der Waals surface area contributed by atoms with Crippen LogP contribution in [0.25, 0.3) is 17.3 Å². The van der Waals surface area contributed by atoms with E-state index in [4.69, 9.17) is 15.5 Å². The van der Waals surface area contributed by atoms with Crippen LogP contribution in [0.4, 0.5) is 5.82 Å². The number of hydrogen-bond acceptors (Lipinski definition) is 7. The van der Waals surface area contributed by atoms with Crippen molar-refractivity contribution in [3.8, 4) is 11.3 Å². The molecule has 32 heavy (non-hydrogen) atoms. The van der Waals surface area contributed by atoms with Gasteiger partial charge in [0.25, 0.3) is 5.91 Å². The number of amides is 1. The van der Waals surface area contributed by atoms with Crippen LogP contribution >= 0.6 is 0 Å². The molecule has 1 aliphatic rings. The molecule has 0 bridgehead atoms. The molecule has 8 nitrogen and oxygen atoms in total. The number of hydrogen-bond donors (Lipinski definition) is 1. The summed E-state index contributed by atoms with van der Waals surface area (Å²) in [6, 6.07) is 14.9. The van der Waals surface area contributed by atoms with Crippen LogP contribution in [0.5, 0.6) is 0 Å². The number of nitrogens with two attached hydrogens (primary N) is 1. The molecule has 0 radical (unpaired) electrons. The van der Waals surface area contributed by atoms with Gasteiger partial charge in [-0.1, -0.05) is 43.0 Å². The lowest BCUT2D eigenvalue weighted by molar-refractivity contribution is 0.0744. The van der Waals surface area contributed by atoms with Gasteiger partial charge in [-0.2, -0.15) is 0 Å². The first kappa shape index (κ1) is 21.0. The molecule has 8 heteroatoms. The lowest BCUT2D eigenvalue weighted by atomic mass is 10.1. The summed E-state index contributed by atoms with van der Waals surface area (Å²) in [5.74, 6) is 0.663. The Morgan fingerprint density at radius 3 is 2.59 bits per heavy atom. The number of nitrogens with zero attached hydrogens (tertiary/aromatic N) is 5. The molecule has 2 N–H and O–H groups in total. The molecule has 4 rings (SSSR count). The fraction of sp³-hybridized carbons (Fsp3) is 0.167. The number of anilines is 1. The van der Waals surface area contributed by atoms with Crippen LogP contribution in [-0.2, 0) is 4.74 Å². The largest absolute Gasteiger partial charge is 0.444 e. The van der Waals surface area contributed by atoms with Gasteiger partial charge in [-0.25, -0.2) is 9.97 Å². The smallest absolute Gasteiger partial charge is 0.253 e. The zero-order valence-electron chi connectivity index (χ0n) is 18.2. The van der Waals surface area contributed by atoms with E-state index < -0.39 is 6.23 Å². The third kappa shape index (κ3) is 3.90. The van der Waals surface area contributed by atoms with Crippen LogP contribution < -0.4 is 5.73 Å². The number of rotatable bonds is 5. The highest BCUT2D eigenvalue weighted by atomic mass is 16.5. The molecule has 1 aliphatic heterocycles. The van der Waals surface area contributed by atoms with Crippen molar-refractivity contribution in [1.82, 2.24) is 19.9 Å². The Balaban J connectivity index is 1.63. The van der Waals surface area contributed by atoms with Crippen molar-refractivity contribution in [2.45, 2.75) is 6.23 Å². The number of carbonyl (C=O) groups excluding carboxylic acids is 1. The maximum atomic E-state index is 12.1. The zero-order chi connectivity index (χ0) is 22.8. The van der Waals surface area contributed by atoms with Gasteiger partial charge in [0, 0.05) is 37.8 Å². The van der Waals surface area contributed by atoms with E-state index in [1.165, 1.54) is 4.90 Å². The number of aromatic nitrogens is 2. The zero-order valence-corrected chi connectivity index (χ0v) is 18.2.